The largest absolute Gasteiger partial charge is 0.507 e. The van der Waals surface area contributed by atoms with Gasteiger partial charge in [0.15, 0.2) is 0 Å². The van der Waals surface area contributed by atoms with Crippen molar-refractivity contribution in [3.63, 3.8) is 0 Å². The van der Waals surface area contributed by atoms with E-state index in [0.29, 0.717) is 10.5 Å². The Morgan fingerprint density at radius 2 is 1.78 bits per heavy atom. The average molecular weight is 390 g/mol. The molecule has 2 aromatic rings. The number of carbonyl (C=O) groups excluding carboxylic acids is 2. The second kappa shape index (κ2) is 6.60. The van der Waals surface area contributed by atoms with E-state index < -0.39 is 0 Å². The van der Waals surface area contributed by atoms with Crippen molar-refractivity contribution in [2.24, 2.45) is 0 Å². The molecule has 0 saturated carbocycles. The number of benzene rings is 2. The van der Waals surface area contributed by atoms with E-state index in [2.05, 4.69) is 15.9 Å². The second-order valence-electron chi connectivity index (χ2n) is 4.92. The number of nitrogens with zero attached hydrogens (tertiary/aromatic N) is 1. The van der Waals surface area contributed by atoms with Crippen LogP contribution in [0.5, 0.6) is 5.75 Å². The molecule has 6 heteroatoms. The lowest BCUT2D eigenvalue weighted by Crippen LogP contribution is -2.27. The first-order valence-electron chi connectivity index (χ1n) is 6.83. The molecule has 1 aliphatic heterocycles. The molecule has 0 atom stereocenters. The second-order valence-corrected chi connectivity index (χ2v) is 6.77. The maximum atomic E-state index is 12.5. The van der Waals surface area contributed by atoms with Gasteiger partial charge < -0.3 is 5.11 Å². The fourth-order valence-electron chi connectivity index (χ4n) is 2.18. The van der Waals surface area contributed by atoms with Crippen LogP contribution in [0.1, 0.15) is 11.1 Å². The third-order valence-corrected chi connectivity index (χ3v) is 5.06. The van der Waals surface area contributed by atoms with Gasteiger partial charge in [-0.3, -0.25) is 14.5 Å². The molecule has 1 heterocycles. The van der Waals surface area contributed by atoms with Crippen LogP contribution >= 0.6 is 27.7 Å². The van der Waals surface area contributed by atoms with Crippen LogP contribution in [0.25, 0.3) is 6.08 Å². The Morgan fingerprint density at radius 3 is 2.52 bits per heavy atom. The molecule has 0 aromatic heterocycles. The number of hydrogen-bond donors (Lipinski definition) is 1. The molecule has 4 nitrogen and oxygen atoms in total. The Hall–Kier alpha value is -2.05. The Bertz CT molecular complexity index is 819. The molecule has 1 aliphatic rings. The van der Waals surface area contributed by atoms with Crippen molar-refractivity contribution in [1.82, 2.24) is 4.90 Å². The van der Waals surface area contributed by atoms with Gasteiger partial charge in [-0.05, 0) is 35.5 Å². The zero-order chi connectivity index (χ0) is 16.4. The molecule has 1 fully saturated rings. The Balaban J connectivity index is 1.86. The van der Waals surface area contributed by atoms with E-state index in [9.17, 15) is 14.7 Å². The highest BCUT2D eigenvalue weighted by atomic mass is 79.9. The van der Waals surface area contributed by atoms with Crippen LogP contribution < -0.4 is 0 Å². The topological polar surface area (TPSA) is 57.6 Å². The van der Waals surface area contributed by atoms with Gasteiger partial charge in [0.05, 0.1) is 11.4 Å². The van der Waals surface area contributed by atoms with Crippen LogP contribution in [0.2, 0.25) is 0 Å². The van der Waals surface area contributed by atoms with Crippen molar-refractivity contribution in [3.05, 3.63) is 69.0 Å². The third-order valence-electron chi connectivity index (χ3n) is 3.38. The molecule has 1 saturated heterocycles. The summed E-state index contributed by atoms with van der Waals surface area (Å²) in [5, 5.41) is 9.48. The van der Waals surface area contributed by atoms with Crippen LogP contribution in [0.3, 0.4) is 0 Å². The number of halogens is 1. The summed E-state index contributed by atoms with van der Waals surface area (Å²) in [7, 11) is 0. The van der Waals surface area contributed by atoms with Crippen molar-refractivity contribution < 1.29 is 14.7 Å². The number of phenols is 1. The lowest BCUT2D eigenvalue weighted by molar-refractivity contribution is -0.123. The van der Waals surface area contributed by atoms with Gasteiger partial charge in [0, 0.05) is 10.0 Å². The van der Waals surface area contributed by atoms with Crippen LogP contribution in [0.15, 0.2) is 57.9 Å². The first-order chi connectivity index (χ1) is 11.1. The summed E-state index contributed by atoms with van der Waals surface area (Å²) in [6.45, 7) is 0.213. The fraction of sp³-hybridized carbons (Fsp3) is 0.0588. The van der Waals surface area contributed by atoms with Crippen molar-refractivity contribution in [2.75, 3.05) is 0 Å². The first kappa shape index (κ1) is 15.8. The summed E-state index contributed by atoms with van der Waals surface area (Å²) in [4.78, 5) is 26.1. The molecule has 23 heavy (non-hydrogen) atoms. The lowest BCUT2D eigenvalue weighted by atomic mass is 10.2. The van der Waals surface area contributed by atoms with E-state index in [1.54, 1.807) is 24.3 Å². The van der Waals surface area contributed by atoms with Gasteiger partial charge >= 0.3 is 0 Å². The summed E-state index contributed by atoms with van der Waals surface area (Å²) in [5.74, 6) is -0.274. The monoisotopic (exact) mass is 389 g/mol. The van der Waals surface area contributed by atoms with Gasteiger partial charge in [-0.25, -0.2) is 0 Å². The minimum absolute atomic E-state index is 0.0742. The first-order valence-corrected chi connectivity index (χ1v) is 8.44. The van der Waals surface area contributed by atoms with Crippen molar-refractivity contribution in [1.29, 1.82) is 0 Å². The van der Waals surface area contributed by atoms with Crippen LogP contribution in [0, 0.1) is 0 Å². The standard InChI is InChI=1S/C17H12BrNO3S/c18-13-7-3-1-6-12(13)10-19-16(21)15(23-17(19)22)9-11-5-2-4-8-14(11)20/h1-9,20H,10H2/b15-9-. The number of thioether (sulfide) groups is 1. The predicted octanol–water partition coefficient (Wildman–Crippen LogP) is 4.39. The SMILES string of the molecule is O=C1S/C(=C\c2ccccc2O)C(=O)N1Cc1ccccc1Br. The van der Waals surface area contributed by atoms with E-state index >= 15 is 0 Å². The number of amides is 2. The maximum Gasteiger partial charge on any atom is 0.293 e. The van der Waals surface area contributed by atoms with Crippen LogP contribution in [0.4, 0.5) is 4.79 Å². The van der Waals surface area contributed by atoms with Gasteiger partial charge in [-0.1, -0.05) is 52.3 Å². The molecule has 0 aliphatic carbocycles. The van der Waals surface area contributed by atoms with E-state index in [-0.39, 0.29) is 23.4 Å². The van der Waals surface area contributed by atoms with Gasteiger partial charge in [0.1, 0.15) is 5.75 Å². The molecule has 0 unspecified atom stereocenters. The molecule has 3 rings (SSSR count). The smallest absolute Gasteiger partial charge is 0.293 e. The van der Waals surface area contributed by atoms with E-state index in [1.165, 1.54) is 11.0 Å². The number of carbonyl (C=O) groups is 2. The van der Waals surface area contributed by atoms with Gasteiger partial charge in [-0.2, -0.15) is 0 Å². The van der Waals surface area contributed by atoms with Crippen molar-refractivity contribution in [3.8, 4) is 5.75 Å². The summed E-state index contributed by atoms with van der Waals surface area (Å²) in [6.07, 6.45) is 1.54. The minimum atomic E-state index is -0.348. The number of phenolic OH excluding ortho intramolecular Hbond substituents is 1. The van der Waals surface area contributed by atoms with E-state index in [0.717, 1.165) is 21.8 Å². The molecule has 2 aromatic carbocycles. The fourth-order valence-corrected chi connectivity index (χ4v) is 3.42. The maximum absolute atomic E-state index is 12.5. The number of rotatable bonds is 3. The Labute approximate surface area is 145 Å². The van der Waals surface area contributed by atoms with E-state index in [1.807, 2.05) is 24.3 Å². The van der Waals surface area contributed by atoms with Crippen molar-refractivity contribution in [2.45, 2.75) is 6.54 Å². The van der Waals surface area contributed by atoms with E-state index in [4.69, 9.17) is 0 Å². The minimum Gasteiger partial charge on any atom is -0.507 e. The normalized spacial score (nSPS) is 16.4. The number of hydrogen-bond acceptors (Lipinski definition) is 4. The van der Waals surface area contributed by atoms with Crippen LogP contribution in [-0.2, 0) is 11.3 Å². The zero-order valence-electron chi connectivity index (χ0n) is 11.9. The number of imide groups is 1. The quantitative estimate of drug-likeness (QED) is 0.790. The van der Waals surface area contributed by atoms with Crippen molar-refractivity contribution >= 4 is 44.9 Å². The lowest BCUT2D eigenvalue weighted by Gasteiger charge is -2.13. The molecule has 0 bridgehead atoms. The summed E-state index contributed by atoms with van der Waals surface area (Å²) in [5.41, 5.74) is 1.37. The zero-order valence-corrected chi connectivity index (χ0v) is 14.3. The summed E-state index contributed by atoms with van der Waals surface area (Å²) in [6, 6.07) is 14.2. The predicted molar refractivity (Wildman–Crippen MR) is 93.8 cm³/mol. The third kappa shape index (κ3) is 3.33. The number of para-hydroxylation sites is 1. The van der Waals surface area contributed by atoms with Gasteiger partial charge in [0.25, 0.3) is 11.1 Å². The summed E-state index contributed by atoms with van der Waals surface area (Å²) >= 11 is 4.30. The van der Waals surface area contributed by atoms with Crippen LogP contribution in [-0.4, -0.2) is 21.2 Å². The highest BCUT2D eigenvalue weighted by molar-refractivity contribution is 9.10. The molecule has 0 spiro atoms. The molecule has 116 valence electrons. The molecule has 0 radical (unpaired) electrons. The van der Waals surface area contributed by atoms with Gasteiger partial charge in [-0.15, -0.1) is 0 Å². The summed E-state index contributed by atoms with van der Waals surface area (Å²) < 4.78 is 0.851. The Kier molecular flexibility index (Phi) is 4.54. The highest BCUT2D eigenvalue weighted by Crippen LogP contribution is 2.35. The molecule has 1 N–H and O–H groups in total. The number of aromatic hydroxyl groups is 1. The molecular formula is C17H12BrNO3S. The highest BCUT2D eigenvalue weighted by Gasteiger charge is 2.35. The average Bonchev–Trinajstić information content (AvgIpc) is 2.79. The molecular weight excluding hydrogens is 378 g/mol. The molecule has 2 amide bonds. The van der Waals surface area contributed by atoms with Gasteiger partial charge in [0.2, 0.25) is 0 Å². The Morgan fingerprint density at radius 1 is 1.09 bits per heavy atom.